The van der Waals surface area contributed by atoms with Gasteiger partial charge in [0.25, 0.3) is 0 Å². The van der Waals surface area contributed by atoms with Crippen LogP contribution in [0.15, 0.2) is 0 Å². The summed E-state index contributed by atoms with van der Waals surface area (Å²) in [5, 5.41) is 4.13. The molecule has 0 amide bonds. The number of nitrogens with zero attached hydrogens (tertiary/aromatic N) is 2. The van der Waals surface area contributed by atoms with E-state index in [1.165, 1.54) is 16.4 Å². The maximum atomic E-state index is 5.53. The van der Waals surface area contributed by atoms with Crippen LogP contribution < -0.4 is 11.3 Å². The van der Waals surface area contributed by atoms with Gasteiger partial charge in [0.1, 0.15) is 0 Å². The third-order valence-electron chi connectivity index (χ3n) is 2.20. The van der Waals surface area contributed by atoms with Crippen molar-refractivity contribution in [3.63, 3.8) is 0 Å². The largest absolute Gasteiger partial charge is 0.271 e. The van der Waals surface area contributed by atoms with Gasteiger partial charge in [-0.3, -0.25) is 11.3 Å². The summed E-state index contributed by atoms with van der Waals surface area (Å²) in [6.45, 7) is 6.42. The number of rotatable bonds is 5. The van der Waals surface area contributed by atoms with Crippen LogP contribution in [0.2, 0.25) is 0 Å². The maximum absolute atomic E-state index is 5.53. The number of hydrazine groups is 1. The Morgan fingerprint density at radius 1 is 1.50 bits per heavy atom. The van der Waals surface area contributed by atoms with Crippen LogP contribution in [0.5, 0.6) is 0 Å². The first-order valence-electron chi connectivity index (χ1n) is 4.98. The molecule has 0 fully saturated rings. The second-order valence-electron chi connectivity index (χ2n) is 3.72. The molecule has 1 rings (SSSR count). The molecule has 0 radical (unpaired) electrons. The molecule has 4 nitrogen and oxygen atoms in total. The van der Waals surface area contributed by atoms with Crippen molar-refractivity contribution in [3.8, 4) is 0 Å². The zero-order valence-electron chi connectivity index (χ0n) is 8.95. The van der Waals surface area contributed by atoms with Gasteiger partial charge in [0.2, 0.25) is 0 Å². The summed E-state index contributed by atoms with van der Waals surface area (Å²) in [5.41, 5.74) is 3.92. The maximum Gasteiger partial charge on any atom is 0.0804 e. The first kappa shape index (κ1) is 11.6. The molecule has 0 spiro atoms. The van der Waals surface area contributed by atoms with Crippen LogP contribution in [-0.2, 0) is 6.42 Å². The topological polar surface area (TPSA) is 63.8 Å². The second kappa shape index (κ2) is 5.38. The molecule has 1 heterocycles. The molecule has 14 heavy (non-hydrogen) atoms. The van der Waals surface area contributed by atoms with Crippen LogP contribution in [0, 0.1) is 5.92 Å². The van der Waals surface area contributed by atoms with E-state index < -0.39 is 0 Å². The van der Waals surface area contributed by atoms with Crippen molar-refractivity contribution in [2.24, 2.45) is 11.8 Å². The second-order valence-corrected chi connectivity index (χ2v) is 4.51. The molecular formula is C9H18N4S. The van der Waals surface area contributed by atoms with Crippen molar-refractivity contribution in [1.82, 2.24) is 15.0 Å². The summed E-state index contributed by atoms with van der Waals surface area (Å²) in [4.78, 5) is 1.18. The molecule has 0 saturated heterocycles. The first-order chi connectivity index (χ1) is 6.70. The number of nitrogens with two attached hydrogens (primary N) is 1. The molecule has 3 N–H and O–H groups in total. The molecule has 1 aromatic heterocycles. The highest BCUT2D eigenvalue weighted by molar-refractivity contribution is 7.05. The number of aromatic nitrogens is 2. The number of hydrogen-bond acceptors (Lipinski definition) is 5. The Balaban J connectivity index is 2.86. The van der Waals surface area contributed by atoms with Gasteiger partial charge >= 0.3 is 0 Å². The average molecular weight is 214 g/mol. The highest BCUT2D eigenvalue weighted by atomic mass is 32.1. The minimum atomic E-state index is 0.177. The Hall–Kier alpha value is -0.520. The highest BCUT2D eigenvalue weighted by Crippen LogP contribution is 2.26. The van der Waals surface area contributed by atoms with E-state index in [0.717, 1.165) is 18.5 Å². The Morgan fingerprint density at radius 2 is 2.21 bits per heavy atom. The van der Waals surface area contributed by atoms with Crippen LogP contribution in [-0.4, -0.2) is 9.59 Å². The van der Waals surface area contributed by atoms with E-state index in [0.29, 0.717) is 5.92 Å². The zero-order chi connectivity index (χ0) is 10.6. The van der Waals surface area contributed by atoms with Gasteiger partial charge in [0.15, 0.2) is 0 Å². The monoisotopic (exact) mass is 214 g/mol. The fraction of sp³-hybridized carbons (Fsp3) is 0.778. The van der Waals surface area contributed by atoms with Crippen molar-refractivity contribution < 1.29 is 0 Å². The van der Waals surface area contributed by atoms with E-state index in [4.69, 9.17) is 5.84 Å². The van der Waals surface area contributed by atoms with E-state index in [9.17, 15) is 0 Å². The lowest BCUT2D eigenvalue weighted by molar-refractivity contribution is 0.424. The Bertz CT molecular complexity index is 272. The summed E-state index contributed by atoms with van der Waals surface area (Å²) in [5.74, 6) is 5.99. The van der Waals surface area contributed by atoms with Gasteiger partial charge in [-0.25, -0.2) is 0 Å². The fourth-order valence-corrected chi connectivity index (χ4v) is 2.36. The predicted octanol–water partition coefficient (Wildman–Crippen LogP) is 1.65. The summed E-state index contributed by atoms with van der Waals surface area (Å²) in [6.07, 6.45) is 2.07. The lowest BCUT2D eigenvalue weighted by atomic mass is 10.0. The Morgan fingerprint density at radius 3 is 2.71 bits per heavy atom. The molecule has 1 aromatic rings. The van der Waals surface area contributed by atoms with Gasteiger partial charge in [0.05, 0.1) is 16.6 Å². The van der Waals surface area contributed by atoms with Gasteiger partial charge in [-0.2, -0.15) is 0 Å². The molecule has 0 saturated carbocycles. The predicted molar refractivity (Wildman–Crippen MR) is 58.8 cm³/mol. The van der Waals surface area contributed by atoms with Gasteiger partial charge in [-0.1, -0.05) is 31.7 Å². The Labute approximate surface area is 89.0 Å². The molecule has 1 atom stereocenters. The summed E-state index contributed by atoms with van der Waals surface area (Å²) < 4.78 is 3.99. The van der Waals surface area contributed by atoms with Crippen LogP contribution in [0.4, 0.5) is 0 Å². The van der Waals surface area contributed by atoms with Crippen LogP contribution >= 0.6 is 11.5 Å². The van der Waals surface area contributed by atoms with E-state index >= 15 is 0 Å². The SMILES string of the molecule is CCCc1nnsc1C(NN)C(C)C. The summed E-state index contributed by atoms with van der Waals surface area (Å²) in [7, 11) is 0. The molecular weight excluding hydrogens is 196 g/mol. The van der Waals surface area contributed by atoms with Crippen molar-refractivity contribution in [2.45, 2.75) is 39.7 Å². The van der Waals surface area contributed by atoms with Crippen molar-refractivity contribution in [1.29, 1.82) is 0 Å². The minimum absolute atomic E-state index is 0.177. The van der Waals surface area contributed by atoms with Crippen LogP contribution in [0.25, 0.3) is 0 Å². The third-order valence-corrected chi connectivity index (χ3v) is 3.05. The lowest BCUT2D eigenvalue weighted by Gasteiger charge is -2.18. The molecule has 0 aliphatic heterocycles. The van der Waals surface area contributed by atoms with Gasteiger partial charge in [0, 0.05) is 0 Å². The van der Waals surface area contributed by atoms with Crippen LogP contribution in [0.3, 0.4) is 0 Å². The molecule has 5 heteroatoms. The van der Waals surface area contributed by atoms with E-state index in [2.05, 4.69) is 35.8 Å². The smallest absolute Gasteiger partial charge is 0.0804 e. The van der Waals surface area contributed by atoms with Crippen LogP contribution in [0.1, 0.15) is 43.8 Å². The zero-order valence-corrected chi connectivity index (χ0v) is 9.77. The molecule has 0 aromatic carbocycles. The van der Waals surface area contributed by atoms with E-state index in [1.54, 1.807) is 0 Å². The highest BCUT2D eigenvalue weighted by Gasteiger charge is 2.20. The van der Waals surface area contributed by atoms with Gasteiger partial charge in [-0.15, -0.1) is 5.10 Å². The molecule has 80 valence electrons. The van der Waals surface area contributed by atoms with Crippen molar-refractivity contribution >= 4 is 11.5 Å². The number of hydrogen-bond donors (Lipinski definition) is 2. The summed E-state index contributed by atoms with van der Waals surface area (Å²) in [6, 6.07) is 0.177. The number of aryl methyl sites for hydroxylation is 1. The minimum Gasteiger partial charge on any atom is -0.271 e. The summed E-state index contributed by atoms with van der Waals surface area (Å²) >= 11 is 1.45. The van der Waals surface area contributed by atoms with E-state index in [1.807, 2.05) is 0 Å². The lowest BCUT2D eigenvalue weighted by Crippen LogP contribution is -2.31. The first-order valence-corrected chi connectivity index (χ1v) is 5.75. The van der Waals surface area contributed by atoms with Gasteiger partial charge in [-0.05, 0) is 23.9 Å². The molecule has 1 unspecified atom stereocenters. The quantitative estimate of drug-likeness (QED) is 0.578. The average Bonchev–Trinajstić information content (AvgIpc) is 2.55. The third kappa shape index (κ3) is 2.50. The molecule has 0 aliphatic rings. The standard InChI is InChI=1S/C9H18N4S/c1-4-5-7-9(14-13-12-7)8(11-10)6(2)3/h6,8,11H,4-5,10H2,1-3H3. The van der Waals surface area contributed by atoms with Gasteiger partial charge < -0.3 is 0 Å². The fourth-order valence-electron chi connectivity index (χ4n) is 1.43. The normalized spacial score (nSPS) is 13.5. The van der Waals surface area contributed by atoms with Crippen molar-refractivity contribution in [3.05, 3.63) is 10.6 Å². The Kier molecular flexibility index (Phi) is 4.44. The molecule has 0 aliphatic carbocycles. The van der Waals surface area contributed by atoms with Crippen molar-refractivity contribution in [2.75, 3.05) is 0 Å². The molecule has 0 bridgehead atoms. The van der Waals surface area contributed by atoms with E-state index in [-0.39, 0.29) is 6.04 Å². The number of nitrogens with one attached hydrogen (secondary N) is 1.